The van der Waals surface area contributed by atoms with Gasteiger partial charge in [-0.25, -0.2) is 0 Å². The quantitative estimate of drug-likeness (QED) is 0.838. The summed E-state index contributed by atoms with van der Waals surface area (Å²) in [4.78, 5) is 21.0. The van der Waals surface area contributed by atoms with Crippen molar-refractivity contribution in [2.24, 2.45) is 0 Å². The molecule has 1 atom stereocenters. The highest BCUT2D eigenvalue weighted by Crippen LogP contribution is 2.33. The number of morpholine rings is 1. The van der Waals surface area contributed by atoms with Crippen LogP contribution in [0.4, 0.5) is 5.69 Å². The minimum Gasteiger partial charge on any atom is -0.363 e. The molecule has 0 bridgehead atoms. The third-order valence-electron chi connectivity index (χ3n) is 5.84. The van der Waals surface area contributed by atoms with Crippen LogP contribution in [0.5, 0.6) is 0 Å². The maximum atomic E-state index is 12.4. The molecule has 2 aliphatic heterocycles. The minimum atomic E-state index is -0.230. The van der Waals surface area contributed by atoms with E-state index in [1.165, 1.54) is 11.1 Å². The van der Waals surface area contributed by atoms with Crippen molar-refractivity contribution in [2.75, 3.05) is 31.1 Å². The highest BCUT2D eigenvalue weighted by Gasteiger charge is 2.41. The zero-order chi connectivity index (χ0) is 18.7. The zero-order valence-electron chi connectivity index (χ0n) is 15.9. The molecule has 0 N–H and O–H groups in total. The number of nitrogens with zero attached hydrogens (tertiary/aromatic N) is 3. The van der Waals surface area contributed by atoms with Gasteiger partial charge in [-0.15, -0.1) is 0 Å². The molecule has 5 heteroatoms. The van der Waals surface area contributed by atoms with E-state index in [1.807, 2.05) is 47.6 Å². The summed E-state index contributed by atoms with van der Waals surface area (Å²) in [5.41, 5.74) is 3.32. The van der Waals surface area contributed by atoms with Crippen LogP contribution in [0.1, 0.15) is 30.4 Å². The van der Waals surface area contributed by atoms with Crippen molar-refractivity contribution in [1.82, 2.24) is 9.88 Å². The van der Waals surface area contributed by atoms with E-state index in [0.29, 0.717) is 6.54 Å². The van der Waals surface area contributed by atoms with Crippen molar-refractivity contribution < 1.29 is 9.53 Å². The van der Waals surface area contributed by atoms with Gasteiger partial charge < -0.3 is 9.64 Å². The molecule has 1 aromatic carbocycles. The van der Waals surface area contributed by atoms with E-state index in [1.54, 1.807) is 0 Å². The first kappa shape index (κ1) is 18.1. The van der Waals surface area contributed by atoms with Crippen LogP contribution in [0.3, 0.4) is 0 Å². The van der Waals surface area contributed by atoms with Crippen LogP contribution < -0.4 is 4.90 Å². The van der Waals surface area contributed by atoms with Crippen molar-refractivity contribution in [2.45, 2.75) is 38.3 Å². The maximum Gasteiger partial charge on any atom is 0.253 e. The largest absolute Gasteiger partial charge is 0.363 e. The van der Waals surface area contributed by atoms with Gasteiger partial charge in [0.25, 0.3) is 5.91 Å². The smallest absolute Gasteiger partial charge is 0.253 e. The second-order valence-electron chi connectivity index (χ2n) is 7.72. The number of aryl methyl sites for hydroxylation is 1. The topological polar surface area (TPSA) is 45.7 Å². The van der Waals surface area contributed by atoms with E-state index in [2.05, 4.69) is 22.9 Å². The second-order valence-corrected chi connectivity index (χ2v) is 7.72. The number of benzene rings is 1. The van der Waals surface area contributed by atoms with Gasteiger partial charge in [0, 0.05) is 31.2 Å². The average Bonchev–Trinajstić information content (AvgIpc) is 2.89. The Morgan fingerprint density at radius 2 is 2.00 bits per heavy atom. The molecule has 27 heavy (non-hydrogen) atoms. The average molecular weight is 365 g/mol. The van der Waals surface area contributed by atoms with Crippen molar-refractivity contribution in [1.29, 1.82) is 0 Å². The van der Waals surface area contributed by atoms with Crippen molar-refractivity contribution in [3.05, 3.63) is 59.9 Å². The number of carbonyl (C=O) groups is 1. The number of pyridine rings is 1. The van der Waals surface area contributed by atoms with E-state index < -0.39 is 0 Å². The number of rotatable bonds is 3. The normalized spacial score (nSPS) is 24.2. The highest BCUT2D eigenvalue weighted by molar-refractivity contribution is 5.95. The van der Waals surface area contributed by atoms with Gasteiger partial charge in [0.1, 0.15) is 6.61 Å². The van der Waals surface area contributed by atoms with Crippen molar-refractivity contribution >= 4 is 11.6 Å². The molecule has 2 fully saturated rings. The molecule has 1 unspecified atom stereocenters. The summed E-state index contributed by atoms with van der Waals surface area (Å²) in [5, 5.41) is 0. The van der Waals surface area contributed by atoms with Crippen LogP contribution in [0.2, 0.25) is 0 Å². The van der Waals surface area contributed by atoms with Gasteiger partial charge >= 0.3 is 0 Å². The third kappa shape index (κ3) is 4.04. The van der Waals surface area contributed by atoms with E-state index >= 15 is 0 Å². The summed E-state index contributed by atoms with van der Waals surface area (Å²) >= 11 is 0. The summed E-state index contributed by atoms with van der Waals surface area (Å²) in [6.07, 6.45) is 6.83. The van der Waals surface area contributed by atoms with E-state index in [9.17, 15) is 4.79 Å². The first-order valence-corrected chi connectivity index (χ1v) is 9.76. The minimum absolute atomic E-state index is 0.0559. The molecule has 1 amide bonds. The number of likely N-dealkylation sites (tertiary alicyclic amines) is 1. The number of aromatic nitrogens is 1. The molecule has 3 heterocycles. The van der Waals surface area contributed by atoms with Crippen molar-refractivity contribution in [3.8, 4) is 0 Å². The van der Waals surface area contributed by atoms with E-state index in [4.69, 9.17) is 4.74 Å². The van der Waals surface area contributed by atoms with Crippen LogP contribution in [0, 0.1) is 6.92 Å². The van der Waals surface area contributed by atoms with Crippen LogP contribution in [0.25, 0.3) is 0 Å². The van der Waals surface area contributed by atoms with Gasteiger partial charge in [-0.05, 0) is 62.1 Å². The molecule has 0 radical (unpaired) electrons. The lowest BCUT2D eigenvalue weighted by molar-refractivity contribution is -0.140. The highest BCUT2D eigenvalue weighted by atomic mass is 16.5. The van der Waals surface area contributed by atoms with Gasteiger partial charge in [0.2, 0.25) is 0 Å². The molecular weight excluding hydrogens is 338 g/mol. The summed E-state index contributed by atoms with van der Waals surface area (Å²) < 4.78 is 6.14. The number of para-hydroxylation sites is 1. The Hall–Kier alpha value is -2.24. The number of hydrogen-bond acceptors (Lipinski definition) is 4. The lowest BCUT2D eigenvalue weighted by Gasteiger charge is -2.42. The predicted molar refractivity (Wildman–Crippen MR) is 106 cm³/mol. The Morgan fingerprint density at radius 3 is 2.81 bits per heavy atom. The van der Waals surface area contributed by atoms with Gasteiger partial charge in [0.05, 0.1) is 12.1 Å². The van der Waals surface area contributed by atoms with E-state index in [-0.39, 0.29) is 18.1 Å². The first-order valence-electron chi connectivity index (χ1n) is 9.76. The van der Waals surface area contributed by atoms with Crippen molar-refractivity contribution in [3.63, 3.8) is 0 Å². The fourth-order valence-electron chi connectivity index (χ4n) is 4.16. The van der Waals surface area contributed by atoms with E-state index in [0.717, 1.165) is 44.6 Å². The molecular formula is C22H27N3O2. The lowest BCUT2D eigenvalue weighted by Crippen LogP contribution is -2.55. The number of ether oxygens (including phenoxy) is 1. The molecule has 0 saturated carbocycles. The van der Waals surface area contributed by atoms with Gasteiger partial charge in [0.15, 0.2) is 0 Å². The summed E-state index contributed by atoms with van der Waals surface area (Å²) in [5.74, 6) is 0.0559. The standard InChI is InChI=1S/C22H27N3O2/c1-18-14-23-11-8-19(18)15-24-12-5-9-22(10-13-24)17-25(21(26)16-27-22)20-6-3-2-4-7-20/h2-4,6-8,11,14H,5,9-10,12-13,15-17H2,1H3. The number of anilines is 1. The first-order chi connectivity index (χ1) is 13.2. The Balaban J connectivity index is 1.45. The second kappa shape index (κ2) is 7.79. The molecule has 1 spiro atoms. The Kier molecular flexibility index (Phi) is 5.23. The Bertz CT molecular complexity index is 795. The summed E-state index contributed by atoms with van der Waals surface area (Å²) in [6.45, 7) is 5.95. The molecule has 4 rings (SSSR count). The predicted octanol–water partition coefficient (Wildman–Crippen LogP) is 3.18. The molecule has 0 aliphatic carbocycles. The maximum absolute atomic E-state index is 12.4. The van der Waals surface area contributed by atoms with Gasteiger partial charge in [-0.1, -0.05) is 18.2 Å². The van der Waals surface area contributed by atoms with Gasteiger partial charge in [-0.3, -0.25) is 14.7 Å². The SMILES string of the molecule is Cc1cnccc1CN1CCCC2(CC1)CN(c1ccccc1)C(=O)CO2. The molecule has 1 aromatic heterocycles. The van der Waals surface area contributed by atoms with Crippen LogP contribution >= 0.6 is 0 Å². The third-order valence-corrected chi connectivity index (χ3v) is 5.84. The molecule has 2 aromatic rings. The molecule has 5 nitrogen and oxygen atoms in total. The number of hydrogen-bond donors (Lipinski definition) is 0. The Labute approximate surface area is 161 Å². The number of amides is 1. The van der Waals surface area contributed by atoms with Gasteiger partial charge in [-0.2, -0.15) is 0 Å². The molecule has 2 aliphatic rings. The zero-order valence-corrected chi connectivity index (χ0v) is 15.9. The summed E-state index contributed by atoms with van der Waals surface area (Å²) in [7, 11) is 0. The molecule has 142 valence electrons. The van der Waals surface area contributed by atoms with Crippen LogP contribution in [0.15, 0.2) is 48.8 Å². The van der Waals surface area contributed by atoms with Crippen LogP contribution in [-0.2, 0) is 16.1 Å². The van der Waals surface area contributed by atoms with Crippen LogP contribution in [-0.4, -0.2) is 47.6 Å². The lowest BCUT2D eigenvalue weighted by atomic mass is 9.92. The Morgan fingerprint density at radius 1 is 1.15 bits per heavy atom. The fourth-order valence-corrected chi connectivity index (χ4v) is 4.16. The molecule has 2 saturated heterocycles. The number of carbonyl (C=O) groups excluding carboxylic acids is 1. The monoisotopic (exact) mass is 365 g/mol. The summed E-state index contributed by atoms with van der Waals surface area (Å²) in [6, 6.07) is 12.1. The fraction of sp³-hybridized carbons (Fsp3) is 0.455.